The molecule has 23 heavy (non-hydrogen) atoms. The van der Waals surface area contributed by atoms with Crippen LogP contribution in [0.25, 0.3) is 0 Å². The Labute approximate surface area is 135 Å². The fourth-order valence-corrected chi connectivity index (χ4v) is 2.09. The zero-order valence-corrected chi connectivity index (χ0v) is 12.3. The average Bonchev–Trinajstić information content (AvgIpc) is 2.53. The zero-order chi connectivity index (χ0) is 17.0. The van der Waals surface area contributed by atoms with E-state index < -0.39 is 28.9 Å². The SMILES string of the molecule is O=C(c1ccc(F)cc1)[C@@H](O)[C@H](O[N+](=O)[O-])c1ccc(Cl)cc1. The minimum absolute atomic E-state index is 0.00446. The van der Waals surface area contributed by atoms with Crippen LogP contribution < -0.4 is 0 Å². The number of nitrogens with zero attached hydrogens (tertiary/aromatic N) is 1. The van der Waals surface area contributed by atoms with Gasteiger partial charge >= 0.3 is 0 Å². The molecule has 2 atom stereocenters. The molecule has 0 saturated heterocycles. The van der Waals surface area contributed by atoms with Crippen LogP contribution >= 0.6 is 11.6 Å². The smallest absolute Gasteiger partial charge is 0.295 e. The Kier molecular flexibility index (Phi) is 5.25. The first-order valence-corrected chi connectivity index (χ1v) is 6.81. The van der Waals surface area contributed by atoms with E-state index in [2.05, 4.69) is 4.84 Å². The van der Waals surface area contributed by atoms with E-state index in [1.165, 1.54) is 36.4 Å². The van der Waals surface area contributed by atoms with Crippen LogP contribution in [-0.4, -0.2) is 22.1 Å². The lowest BCUT2D eigenvalue weighted by atomic mass is 9.97. The maximum atomic E-state index is 12.9. The van der Waals surface area contributed by atoms with Gasteiger partial charge in [0.15, 0.2) is 11.9 Å². The van der Waals surface area contributed by atoms with Gasteiger partial charge in [0.2, 0.25) is 0 Å². The fraction of sp³-hybridized carbons (Fsp3) is 0.133. The molecule has 0 amide bonds. The van der Waals surface area contributed by atoms with Crippen LogP contribution in [-0.2, 0) is 4.84 Å². The van der Waals surface area contributed by atoms with Crippen molar-refractivity contribution in [3.05, 3.63) is 80.6 Å². The molecule has 0 aromatic heterocycles. The second-order valence-corrected chi connectivity index (χ2v) is 5.05. The summed E-state index contributed by atoms with van der Waals surface area (Å²) in [7, 11) is 0. The van der Waals surface area contributed by atoms with Crippen LogP contribution in [0.5, 0.6) is 0 Å². The van der Waals surface area contributed by atoms with Gasteiger partial charge in [0.25, 0.3) is 5.09 Å². The van der Waals surface area contributed by atoms with Gasteiger partial charge in [-0.1, -0.05) is 23.7 Å². The third-order valence-corrected chi connectivity index (χ3v) is 3.33. The van der Waals surface area contributed by atoms with Crippen LogP contribution in [0.2, 0.25) is 5.02 Å². The molecule has 0 bridgehead atoms. The second kappa shape index (κ2) is 7.17. The molecule has 0 saturated carbocycles. The van der Waals surface area contributed by atoms with Gasteiger partial charge in [-0.25, -0.2) is 4.39 Å². The number of rotatable bonds is 6. The monoisotopic (exact) mass is 339 g/mol. The highest BCUT2D eigenvalue weighted by Crippen LogP contribution is 2.25. The van der Waals surface area contributed by atoms with Crippen molar-refractivity contribution in [1.29, 1.82) is 0 Å². The molecule has 120 valence electrons. The summed E-state index contributed by atoms with van der Waals surface area (Å²) in [4.78, 5) is 27.3. The molecule has 8 heteroatoms. The summed E-state index contributed by atoms with van der Waals surface area (Å²) >= 11 is 5.74. The normalized spacial score (nSPS) is 13.2. The van der Waals surface area contributed by atoms with Crippen LogP contribution in [0, 0.1) is 15.9 Å². The predicted octanol–water partition coefficient (Wildman–Crippen LogP) is 2.97. The van der Waals surface area contributed by atoms with E-state index in [1.807, 2.05) is 0 Å². The maximum absolute atomic E-state index is 12.9. The molecule has 0 aliphatic heterocycles. The molecule has 2 aromatic carbocycles. The van der Waals surface area contributed by atoms with E-state index in [9.17, 15) is 24.4 Å². The van der Waals surface area contributed by atoms with Crippen molar-refractivity contribution in [1.82, 2.24) is 0 Å². The average molecular weight is 340 g/mol. The maximum Gasteiger partial charge on any atom is 0.295 e. The lowest BCUT2D eigenvalue weighted by Gasteiger charge is -2.20. The van der Waals surface area contributed by atoms with Gasteiger partial charge in [0.05, 0.1) is 0 Å². The molecule has 6 nitrogen and oxygen atoms in total. The highest BCUT2D eigenvalue weighted by molar-refractivity contribution is 6.30. The molecule has 2 aromatic rings. The Balaban J connectivity index is 2.30. The molecule has 0 radical (unpaired) electrons. The van der Waals surface area contributed by atoms with E-state index in [0.717, 1.165) is 12.1 Å². The second-order valence-electron chi connectivity index (χ2n) is 4.62. The number of hydrogen-bond donors (Lipinski definition) is 1. The highest BCUT2D eigenvalue weighted by atomic mass is 35.5. The zero-order valence-electron chi connectivity index (χ0n) is 11.6. The fourth-order valence-electron chi connectivity index (χ4n) is 1.97. The van der Waals surface area contributed by atoms with Crippen molar-refractivity contribution in [2.75, 3.05) is 0 Å². The minimum atomic E-state index is -1.84. The summed E-state index contributed by atoms with van der Waals surface area (Å²) in [6.45, 7) is 0. The first-order chi connectivity index (χ1) is 10.9. The third-order valence-electron chi connectivity index (χ3n) is 3.08. The summed E-state index contributed by atoms with van der Waals surface area (Å²) in [6, 6.07) is 10.1. The Morgan fingerprint density at radius 1 is 1.17 bits per heavy atom. The van der Waals surface area contributed by atoms with Gasteiger partial charge in [-0.05, 0) is 42.0 Å². The van der Waals surface area contributed by atoms with E-state index in [-0.39, 0.29) is 11.1 Å². The highest BCUT2D eigenvalue weighted by Gasteiger charge is 2.31. The van der Waals surface area contributed by atoms with Gasteiger partial charge in [-0.3, -0.25) is 4.79 Å². The lowest BCUT2D eigenvalue weighted by molar-refractivity contribution is -0.772. The van der Waals surface area contributed by atoms with Crippen LogP contribution in [0.1, 0.15) is 22.0 Å². The Hall–Kier alpha value is -2.51. The largest absolute Gasteiger partial charge is 0.382 e. The minimum Gasteiger partial charge on any atom is -0.382 e. The summed E-state index contributed by atoms with van der Waals surface area (Å²) in [5.74, 6) is -1.38. The molecule has 0 heterocycles. The molecule has 0 unspecified atom stereocenters. The van der Waals surface area contributed by atoms with Crippen LogP contribution in [0.3, 0.4) is 0 Å². The molecule has 2 rings (SSSR count). The lowest BCUT2D eigenvalue weighted by Crippen LogP contribution is -2.31. The van der Waals surface area contributed by atoms with Gasteiger partial charge < -0.3 is 9.94 Å². The van der Waals surface area contributed by atoms with Crippen molar-refractivity contribution in [2.45, 2.75) is 12.2 Å². The first-order valence-electron chi connectivity index (χ1n) is 6.43. The first kappa shape index (κ1) is 16.9. The molecular formula is C15H11ClFNO5. The van der Waals surface area contributed by atoms with E-state index in [0.29, 0.717) is 5.02 Å². The van der Waals surface area contributed by atoms with Gasteiger partial charge in [-0.15, -0.1) is 10.1 Å². The topological polar surface area (TPSA) is 89.7 Å². The summed E-state index contributed by atoms with van der Waals surface area (Å²) in [5.41, 5.74) is 0.207. The number of halogens is 2. The molecule has 1 N–H and O–H groups in total. The Morgan fingerprint density at radius 3 is 2.26 bits per heavy atom. The number of Topliss-reactive ketones (excluding diaryl/α,β-unsaturated/α-hetero) is 1. The standard InChI is InChI=1S/C15H11ClFNO5/c16-11-5-1-10(2-6-11)15(23-18(21)22)14(20)13(19)9-3-7-12(17)8-4-9/h1-8,14-15,20H/t14-,15-/m1/s1. The summed E-state index contributed by atoms with van der Waals surface area (Å²) in [6.07, 6.45) is -3.37. The Bertz CT molecular complexity index is 705. The van der Waals surface area contributed by atoms with E-state index in [4.69, 9.17) is 11.6 Å². The molecule has 0 aliphatic carbocycles. The van der Waals surface area contributed by atoms with Gasteiger partial charge in [0.1, 0.15) is 11.9 Å². The number of carbonyl (C=O) groups excluding carboxylic acids is 1. The number of carbonyl (C=O) groups is 1. The summed E-state index contributed by atoms with van der Waals surface area (Å²) < 4.78 is 12.9. The van der Waals surface area contributed by atoms with Crippen molar-refractivity contribution >= 4 is 17.4 Å². The van der Waals surface area contributed by atoms with Gasteiger partial charge in [0, 0.05) is 10.6 Å². The number of benzene rings is 2. The number of hydrogen-bond acceptors (Lipinski definition) is 5. The van der Waals surface area contributed by atoms with Crippen molar-refractivity contribution in [2.24, 2.45) is 0 Å². The predicted molar refractivity (Wildman–Crippen MR) is 79.0 cm³/mol. The van der Waals surface area contributed by atoms with Crippen molar-refractivity contribution < 1.29 is 24.2 Å². The molecule has 0 aliphatic rings. The van der Waals surface area contributed by atoms with Crippen molar-refractivity contribution in [3.63, 3.8) is 0 Å². The van der Waals surface area contributed by atoms with Crippen LogP contribution in [0.4, 0.5) is 4.39 Å². The molecule has 0 fully saturated rings. The molecule has 0 spiro atoms. The Morgan fingerprint density at radius 2 is 1.74 bits per heavy atom. The van der Waals surface area contributed by atoms with Crippen LogP contribution in [0.15, 0.2) is 48.5 Å². The van der Waals surface area contributed by atoms with Crippen molar-refractivity contribution in [3.8, 4) is 0 Å². The number of ketones is 1. The number of aliphatic hydroxyl groups is 1. The van der Waals surface area contributed by atoms with E-state index in [1.54, 1.807) is 0 Å². The van der Waals surface area contributed by atoms with E-state index >= 15 is 0 Å². The molecular weight excluding hydrogens is 329 g/mol. The van der Waals surface area contributed by atoms with Gasteiger partial charge in [-0.2, -0.15) is 0 Å². The number of aliphatic hydroxyl groups excluding tert-OH is 1. The quantitative estimate of drug-likeness (QED) is 0.496. The third kappa shape index (κ3) is 4.24. The summed E-state index contributed by atoms with van der Waals surface area (Å²) in [5, 5.41) is 20.1.